The normalized spacial score (nSPS) is 17.4. The van der Waals surface area contributed by atoms with Crippen LogP contribution in [0.25, 0.3) is 0 Å². The first-order valence-corrected chi connectivity index (χ1v) is 7.79. The van der Waals surface area contributed by atoms with Crippen LogP contribution in [0.2, 0.25) is 0 Å². The Labute approximate surface area is 126 Å². The van der Waals surface area contributed by atoms with Crippen molar-refractivity contribution in [3.8, 4) is 0 Å². The number of halogens is 1. The molecule has 1 fully saturated rings. The van der Waals surface area contributed by atoms with Crippen molar-refractivity contribution in [3.63, 3.8) is 0 Å². The van der Waals surface area contributed by atoms with Gasteiger partial charge >= 0.3 is 0 Å². The van der Waals surface area contributed by atoms with E-state index in [2.05, 4.69) is 36.5 Å². The third-order valence-corrected chi connectivity index (χ3v) is 4.17. The van der Waals surface area contributed by atoms with Gasteiger partial charge in [0.15, 0.2) is 0 Å². The standard InChI is InChI=1S/C19H22FN/c1-14(13-15-7-8-15)21-19(16-5-3-2-4-6-16)17-9-11-18(20)12-10-17/h2-6,9-12,14-15,19,21H,7-8,13H2,1H3. The summed E-state index contributed by atoms with van der Waals surface area (Å²) < 4.78 is 13.2. The molecule has 0 bridgehead atoms. The Kier molecular flexibility index (Phi) is 4.35. The number of benzene rings is 2. The zero-order valence-corrected chi connectivity index (χ0v) is 12.4. The molecule has 2 aromatic carbocycles. The molecular formula is C19H22FN. The molecule has 0 saturated heterocycles. The molecule has 0 radical (unpaired) electrons. The molecule has 0 spiro atoms. The highest BCUT2D eigenvalue weighted by atomic mass is 19.1. The van der Waals surface area contributed by atoms with Crippen LogP contribution in [0.5, 0.6) is 0 Å². The number of hydrogen-bond donors (Lipinski definition) is 1. The maximum atomic E-state index is 13.2. The number of rotatable bonds is 6. The van der Waals surface area contributed by atoms with Crippen LogP contribution in [-0.2, 0) is 0 Å². The maximum absolute atomic E-state index is 13.2. The average molecular weight is 283 g/mol. The summed E-state index contributed by atoms with van der Waals surface area (Å²) in [6.07, 6.45) is 3.97. The highest BCUT2D eigenvalue weighted by Crippen LogP contribution is 2.34. The zero-order chi connectivity index (χ0) is 14.7. The SMILES string of the molecule is CC(CC1CC1)NC(c1ccccc1)c1ccc(F)cc1. The van der Waals surface area contributed by atoms with Gasteiger partial charge in [-0.25, -0.2) is 4.39 Å². The van der Waals surface area contributed by atoms with Crippen LogP contribution in [0.1, 0.15) is 43.4 Å². The van der Waals surface area contributed by atoms with Crippen molar-refractivity contribution in [2.24, 2.45) is 5.92 Å². The fourth-order valence-corrected chi connectivity index (χ4v) is 2.89. The molecular weight excluding hydrogens is 261 g/mol. The van der Waals surface area contributed by atoms with E-state index in [0.717, 1.165) is 11.5 Å². The minimum Gasteiger partial charge on any atom is -0.304 e. The number of nitrogens with one attached hydrogen (secondary N) is 1. The van der Waals surface area contributed by atoms with E-state index in [0.29, 0.717) is 6.04 Å². The lowest BCUT2D eigenvalue weighted by Gasteiger charge is -2.24. The summed E-state index contributed by atoms with van der Waals surface area (Å²) in [4.78, 5) is 0. The molecule has 1 N–H and O–H groups in total. The fraction of sp³-hybridized carbons (Fsp3) is 0.368. The molecule has 21 heavy (non-hydrogen) atoms. The molecule has 0 aliphatic heterocycles. The van der Waals surface area contributed by atoms with Crippen molar-refractivity contribution in [1.29, 1.82) is 0 Å². The first kappa shape index (κ1) is 14.3. The summed E-state index contributed by atoms with van der Waals surface area (Å²) in [5, 5.41) is 3.72. The van der Waals surface area contributed by atoms with E-state index in [1.807, 2.05) is 18.2 Å². The Morgan fingerprint density at radius 1 is 1.00 bits per heavy atom. The Hall–Kier alpha value is -1.67. The van der Waals surface area contributed by atoms with Crippen molar-refractivity contribution in [2.75, 3.05) is 0 Å². The van der Waals surface area contributed by atoms with Gasteiger partial charge in [-0.05, 0) is 42.5 Å². The van der Waals surface area contributed by atoms with Gasteiger partial charge in [-0.1, -0.05) is 55.3 Å². The van der Waals surface area contributed by atoms with Gasteiger partial charge in [0, 0.05) is 6.04 Å². The van der Waals surface area contributed by atoms with Crippen LogP contribution in [0, 0.1) is 11.7 Å². The summed E-state index contributed by atoms with van der Waals surface area (Å²) in [5.74, 6) is 0.716. The lowest BCUT2D eigenvalue weighted by molar-refractivity contribution is 0.452. The lowest BCUT2D eigenvalue weighted by Crippen LogP contribution is -2.31. The summed E-state index contributed by atoms with van der Waals surface area (Å²) in [6, 6.07) is 17.8. The highest BCUT2D eigenvalue weighted by molar-refractivity contribution is 5.32. The molecule has 110 valence electrons. The minimum absolute atomic E-state index is 0.126. The van der Waals surface area contributed by atoms with Crippen LogP contribution in [-0.4, -0.2) is 6.04 Å². The van der Waals surface area contributed by atoms with Crippen LogP contribution in [0.3, 0.4) is 0 Å². The summed E-state index contributed by atoms with van der Waals surface area (Å²) >= 11 is 0. The predicted octanol–water partition coefficient (Wildman–Crippen LogP) is 4.69. The van der Waals surface area contributed by atoms with Gasteiger partial charge in [0.05, 0.1) is 6.04 Å². The molecule has 3 rings (SSSR count). The molecule has 1 nitrogen and oxygen atoms in total. The van der Waals surface area contributed by atoms with E-state index in [-0.39, 0.29) is 11.9 Å². The maximum Gasteiger partial charge on any atom is 0.123 e. The van der Waals surface area contributed by atoms with E-state index in [4.69, 9.17) is 0 Å². The quantitative estimate of drug-likeness (QED) is 0.810. The molecule has 2 unspecified atom stereocenters. The molecule has 2 atom stereocenters. The Balaban J connectivity index is 1.81. The first-order chi connectivity index (χ1) is 10.2. The summed E-state index contributed by atoms with van der Waals surface area (Å²) in [7, 11) is 0. The molecule has 0 amide bonds. The second-order valence-electron chi connectivity index (χ2n) is 6.14. The summed E-state index contributed by atoms with van der Waals surface area (Å²) in [5.41, 5.74) is 2.34. The van der Waals surface area contributed by atoms with E-state index in [1.54, 1.807) is 12.1 Å². The molecule has 0 aromatic heterocycles. The molecule has 1 aliphatic carbocycles. The van der Waals surface area contributed by atoms with E-state index in [1.165, 1.54) is 24.8 Å². The van der Waals surface area contributed by atoms with Crippen molar-refractivity contribution in [3.05, 3.63) is 71.5 Å². The Morgan fingerprint density at radius 3 is 2.24 bits per heavy atom. The van der Waals surface area contributed by atoms with Gasteiger partial charge in [-0.3, -0.25) is 0 Å². The van der Waals surface area contributed by atoms with Crippen LogP contribution in [0.15, 0.2) is 54.6 Å². The third kappa shape index (κ3) is 3.92. The Morgan fingerprint density at radius 2 is 1.62 bits per heavy atom. The van der Waals surface area contributed by atoms with Gasteiger partial charge in [-0.15, -0.1) is 0 Å². The molecule has 1 saturated carbocycles. The first-order valence-electron chi connectivity index (χ1n) is 7.79. The largest absolute Gasteiger partial charge is 0.304 e. The smallest absolute Gasteiger partial charge is 0.123 e. The third-order valence-electron chi connectivity index (χ3n) is 4.17. The van der Waals surface area contributed by atoms with Gasteiger partial charge in [0.1, 0.15) is 5.82 Å². The number of hydrogen-bond acceptors (Lipinski definition) is 1. The van der Waals surface area contributed by atoms with Gasteiger partial charge in [-0.2, -0.15) is 0 Å². The summed E-state index contributed by atoms with van der Waals surface area (Å²) in [6.45, 7) is 2.25. The van der Waals surface area contributed by atoms with Gasteiger partial charge in [0.25, 0.3) is 0 Å². The fourth-order valence-electron chi connectivity index (χ4n) is 2.89. The molecule has 0 heterocycles. The topological polar surface area (TPSA) is 12.0 Å². The molecule has 1 aliphatic rings. The van der Waals surface area contributed by atoms with Gasteiger partial charge in [0.2, 0.25) is 0 Å². The predicted molar refractivity (Wildman–Crippen MR) is 84.6 cm³/mol. The van der Waals surface area contributed by atoms with Crippen molar-refractivity contribution in [2.45, 2.75) is 38.3 Å². The van der Waals surface area contributed by atoms with E-state index >= 15 is 0 Å². The second kappa shape index (κ2) is 6.40. The van der Waals surface area contributed by atoms with Crippen molar-refractivity contribution < 1.29 is 4.39 Å². The van der Waals surface area contributed by atoms with Crippen LogP contribution in [0.4, 0.5) is 4.39 Å². The van der Waals surface area contributed by atoms with Gasteiger partial charge < -0.3 is 5.32 Å². The second-order valence-corrected chi connectivity index (χ2v) is 6.14. The lowest BCUT2D eigenvalue weighted by atomic mass is 9.97. The van der Waals surface area contributed by atoms with E-state index in [9.17, 15) is 4.39 Å². The van der Waals surface area contributed by atoms with Crippen molar-refractivity contribution >= 4 is 0 Å². The molecule has 2 aromatic rings. The Bertz CT molecular complexity index is 560. The molecule has 2 heteroatoms. The van der Waals surface area contributed by atoms with Crippen LogP contribution < -0.4 is 5.32 Å². The monoisotopic (exact) mass is 283 g/mol. The van der Waals surface area contributed by atoms with E-state index < -0.39 is 0 Å². The highest BCUT2D eigenvalue weighted by Gasteiger charge is 2.25. The van der Waals surface area contributed by atoms with Crippen LogP contribution >= 0.6 is 0 Å². The van der Waals surface area contributed by atoms with Crippen molar-refractivity contribution in [1.82, 2.24) is 5.32 Å². The minimum atomic E-state index is -0.184. The average Bonchev–Trinajstić information content (AvgIpc) is 3.31. The zero-order valence-electron chi connectivity index (χ0n) is 12.4.